The molecule has 3 aliphatic rings. The highest BCUT2D eigenvalue weighted by molar-refractivity contribution is 6.19. The van der Waals surface area contributed by atoms with Crippen LogP contribution in [0.25, 0.3) is 0 Å². The number of nitrogens with one attached hydrogen (secondary N) is 2. The van der Waals surface area contributed by atoms with Crippen LogP contribution in [0.5, 0.6) is 0 Å². The summed E-state index contributed by atoms with van der Waals surface area (Å²) in [5.74, 6) is -0.909. The van der Waals surface area contributed by atoms with Gasteiger partial charge in [0.05, 0.1) is 0 Å². The Morgan fingerprint density at radius 2 is 2.00 bits per heavy atom. The van der Waals surface area contributed by atoms with Crippen molar-refractivity contribution < 1.29 is 19.2 Å². The van der Waals surface area contributed by atoms with Gasteiger partial charge in [0.25, 0.3) is 0 Å². The summed E-state index contributed by atoms with van der Waals surface area (Å²) in [6.07, 6.45) is 4.60. The van der Waals surface area contributed by atoms with E-state index >= 15 is 0 Å². The zero-order valence-corrected chi connectivity index (χ0v) is 11.8. The summed E-state index contributed by atoms with van der Waals surface area (Å²) in [5, 5.41) is 5.12. The first-order chi connectivity index (χ1) is 10.0. The number of hydrogen-bond acceptors (Lipinski definition) is 4. The molecule has 2 saturated carbocycles. The Balaban J connectivity index is 1.53. The van der Waals surface area contributed by atoms with E-state index in [0.717, 1.165) is 24.2 Å². The smallest absolute Gasteiger partial charge is 0.330 e. The van der Waals surface area contributed by atoms with Gasteiger partial charge in [-0.25, -0.2) is 4.79 Å². The first-order valence-corrected chi connectivity index (χ1v) is 7.50. The number of carbonyl (C=O) groups excluding carboxylic acids is 4. The standard InChI is InChI=1S/C14H19N3O4/c18-10(15-9-4-5-9)3-1-8-17-12(20)14(6-2-7-14)11(19)16-13(17)21/h9H,1-8H2,(H,15,18)(H,16,19,21). The van der Waals surface area contributed by atoms with Crippen molar-refractivity contribution in [2.24, 2.45) is 5.41 Å². The molecule has 3 fully saturated rings. The zero-order chi connectivity index (χ0) is 15.0. The number of hydrogen-bond donors (Lipinski definition) is 2. The molecule has 0 unspecified atom stereocenters. The van der Waals surface area contributed by atoms with Crippen molar-refractivity contribution in [3.05, 3.63) is 0 Å². The Labute approximate surface area is 122 Å². The number of carbonyl (C=O) groups is 4. The molecule has 2 N–H and O–H groups in total. The van der Waals surface area contributed by atoms with Crippen molar-refractivity contribution in [1.82, 2.24) is 15.5 Å². The predicted octanol–water partition coefficient (Wildman–Crippen LogP) is 0.294. The molecule has 0 atom stereocenters. The second-order valence-electron chi connectivity index (χ2n) is 6.10. The molecule has 7 heteroatoms. The van der Waals surface area contributed by atoms with Gasteiger partial charge in [0.1, 0.15) is 5.41 Å². The molecule has 2 aliphatic carbocycles. The molecular weight excluding hydrogens is 274 g/mol. The molecule has 1 spiro atoms. The third-order valence-electron chi connectivity index (χ3n) is 4.49. The molecule has 0 radical (unpaired) electrons. The molecule has 21 heavy (non-hydrogen) atoms. The highest BCUT2D eigenvalue weighted by Crippen LogP contribution is 2.44. The molecule has 3 rings (SSSR count). The van der Waals surface area contributed by atoms with Crippen molar-refractivity contribution in [2.45, 2.75) is 51.0 Å². The Bertz CT molecular complexity index is 508. The van der Waals surface area contributed by atoms with Gasteiger partial charge in [-0.15, -0.1) is 0 Å². The van der Waals surface area contributed by atoms with Crippen molar-refractivity contribution >= 4 is 23.8 Å². The largest absolute Gasteiger partial charge is 0.353 e. The lowest BCUT2D eigenvalue weighted by Gasteiger charge is -2.44. The SMILES string of the molecule is O=C(CCCN1C(=O)NC(=O)C2(CCC2)C1=O)NC1CC1. The van der Waals surface area contributed by atoms with Crippen LogP contribution in [0.2, 0.25) is 0 Å². The van der Waals surface area contributed by atoms with Gasteiger partial charge in [-0.1, -0.05) is 6.42 Å². The number of urea groups is 1. The molecule has 1 saturated heterocycles. The van der Waals surface area contributed by atoms with Crippen LogP contribution < -0.4 is 10.6 Å². The number of nitrogens with zero attached hydrogens (tertiary/aromatic N) is 1. The van der Waals surface area contributed by atoms with Crippen LogP contribution in [0.15, 0.2) is 0 Å². The van der Waals surface area contributed by atoms with Crippen LogP contribution in [0.3, 0.4) is 0 Å². The van der Waals surface area contributed by atoms with Gasteiger partial charge in [-0.05, 0) is 32.1 Å². The maximum atomic E-state index is 12.4. The molecule has 0 bridgehead atoms. The van der Waals surface area contributed by atoms with Gasteiger partial charge >= 0.3 is 6.03 Å². The minimum absolute atomic E-state index is 0.0446. The predicted molar refractivity (Wildman–Crippen MR) is 71.9 cm³/mol. The molecule has 1 aliphatic heterocycles. The van der Waals surface area contributed by atoms with Gasteiger partial charge in [-0.2, -0.15) is 0 Å². The molecule has 1 heterocycles. The summed E-state index contributed by atoms with van der Waals surface area (Å²) in [6, 6.07) is -0.349. The van der Waals surface area contributed by atoms with Crippen LogP contribution >= 0.6 is 0 Å². The molecule has 7 nitrogen and oxygen atoms in total. The Kier molecular flexibility index (Phi) is 3.43. The topological polar surface area (TPSA) is 95.6 Å². The normalized spacial score (nSPS) is 23.8. The zero-order valence-electron chi connectivity index (χ0n) is 11.8. The molecule has 114 valence electrons. The number of rotatable bonds is 5. The fourth-order valence-corrected chi connectivity index (χ4v) is 2.83. The molecule has 0 aromatic heterocycles. The molecule has 5 amide bonds. The Morgan fingerprint density at radius 3 is 2.57 bits per heavy atom. The summed E-state index contributed by atoms with van der Waals surface area (Å²) in [6.45, 7) is 0.178. The summed E-state index contributed by atoms with van der Waals surface area (Å²) in [5.41, 5.74) is -1.02. The lowest BCUT2D eigenvalue weighted by molar-refractivity contribution is -0.157. The van der Waals surface area contributed by atoms with Crippen LogP contribution in [-0.2, 0) is 14.4 Å². The van der Waals surface area contributed by atoms with E-state index in [9.17, 15) is 19.2 Å². The maximum Gasteiger partial charge on any atom is 0.330 e. The van der Waals surface area contributed by atoms with Gasteiger partial charge < -0.3 is 5.32 Å². The van der Waals surface area contributed by atoms with Crippen LogP contribution in [0.4, 0.5) is 4.79 Å². The second kappa shape index (κ2) is 5.13. The fraction of sp³-hybridized carbons (Fsp3) is 0.714. The van der Waals surface area contributed by atoms with E-state index < -0.39 is 23.3 Å². The lowest BCUT2D eigenvalue weighted by atomic mass is 9.66. The summed E-state index contributed by atoms with van der Waals surface area (Å²) < 4.78 is 0. The number of amides is 5. The lowest BCUT2D eigenvalue weighted by Crippen LogP contribution is -2.66. The van der Waals surface area contributed by atoms with Gasteiger partial charge in [0.2, 0.25) is 17.7 Å². The maximum absolute atomic E-state index is 12.4. The third kappa shape index (κ3) is 2.52. The van der Waals surface area contributed by atoms with Crippen molar-refractivity contribution in [3.8, 4) is 0 Å². The number of barbiturate groups is 1. The van der Waals surface area contributed by atoms with E-state index in [1.807, 2.05) is 0 Å². The van der Waals surface area contributed by atoms with E-state index in [-0.39, 0.29) is 18.9 Å². The number of imide groups is 2. The van der Waals surface area contributed by atoms with Gasteiger partial charge in [-0.3, -0.25) is 24.6 Å². The second-order valence-corrected chi connectivity index (χ2v) is 6.10. The Morgan fingerprint density at radius 1 is 1.29 bits per heavy atom. The van der Waals surface area contributed by atoms with Crippen LogP contribution in [0.1, 0.15) is 44.9 Å². The van der Waals surface area contributed by atoms with E-state index in [4.69, 9.17) is 0 Å². The first kappa shape index (κ1) is 14.0. The van der Waals surface area contributed by atoms with Crippen molar-refractivity contribution in [1.29, 1.82) is 0 Å². The first-order valence-electron chi connectivity index (χ1n) is 7.50. The van der Waals surface area contributed by atoms with E-state index in [2.05, 4.69) is 10.6 Å². The van der Waals surface area contributed by atoms with Crippen LogP contribution in [0, 0.1) is 5.41 Å². The summed E-state index contributed by atoms with van der Waals surface area (Å²) >= 11 is 0. The molecule has 0 aromatic carbocycles. The van der Waals surface area contributed by atoms with Gasteiger partial charge in [0.15, 0.2) is 0 Å². The van der Waals surface area contributed by atoms with E-state index in [1.165, 1.54) is 0 Å². The summed E-state index contributed by atoms with van der Waals surface area (Å²) in [7, 11) is 0. The van der Waals surface area contributed by atoms with Crippen molar-refractivity contribution in [2.75, 3.05) is 6.54 Å². The van der Waals surface area contributed by atoms with Crippen molar-refractivity contribution in [3.63, 3.8) is 0 Å². The average molecular weight is 293 g/mol. The monoisotopic (exact) mass is 293 g/mol. The Hall–Kier alpha value is -1.92. The molecule has 0 aromatic rings. The van der Waals surface area contributed by atoms with Gasteiger partial charge in [0, 0.05) is 19.0 Å². The van der Waals surface area contributed by atoms with E-state index in [1.54, 1.807) is 0 Å². The van der Waals surface area contributed by atoms with E-state index in [0.29, 0.717) is 25.3 Å². The highest BCUT2D eigenvalue weighted by Gasteiger charge is 2.57. The van der Waals surface area contributed by atoms with Crippen LogP contribution in [-0.4, -0.2) is 41.2 Å². The molecular formula is C14H19N3O4. The minimum Gasteiger partial charge on any atom is -0.353 e. The quantitative estimate of drug-likeness (QED) is 0.712. The summed E-state index contributed by atoms with van der Waals surface area (Å²) in [4.78, 5) is 48.6. The minimum atomic E-state index is -1.02. The third-order valence-corrected chi connectivity index (χ3v) is 4.49. The average Bonchev–Trinajstić information content (AvgIpc) is 3.15. The fourth-order valence-electron chi connectivity index (χ4n) is 2.83. The highest BCUT2D eigenvalue weighted by atomic mass is 16.2.